The van der Waals surface area contributed by atoms with Gasteiger partial charge in [0.15, 0.2) is 0 Å². The first-order valence-corrected chi connectivity index (χ1v) is 8.26. The molecule has 1 nitrogen and oxygen atoms in total. The molecule has 0 heterocycles. The number of hydrogen-bond acceptors (Lipinski definition) is 1. The van der Waals surface area contributed by atoms with E-state index in [1.165, 1.54) is 43.2 Å². The van der Waals surface area contributed by atoms with Gasteiger partial charge in [0.05, 0.1) is 0 Å². The summed E-state index contributed by atoms with van der Waals surface area (Å²) in [6, 6.07) is 7.04. The van der Waals surface area contributed by atoms with Gasteiger partial charge in [-0.05, 0) is 63.1 Å². The third-order valence-electron chi connectivity index (χ3n) is 5.47. The van der Waals surface area contributed by atoms with E-state index in [0.29, 0.717) is 5.92 Å². The lowest BCUT2D eigenvalue weighted by Crippen LogP contribution is -2.44. The van der Waals surface area contributed by atoms with Crippen LogP contribution in [0.15, 0.2) is 18.2 Å². The Balaban J connectivity index is 2.46. The largest absolute Gasteiger partial charge is 0.310 e. The van der Waals surface area contributed by atoms with E-state index >= 15 is 0 Å². The summed E-state index contributed by atoms with van der Waals surface area (Å²) in [5.41, 5.74) is 4.56. The summed E-state index contributed by atoms with van der Waals surface area (Å²) in [7, 11) is 2.12. The van der Waals surface area contributed by atoms with E-state index in [1.54, 1.807) is 5.56 Å². The molecular formula is C19H31N. The predicted octanol–water partition coefficient (Wildman–Crippen LogP) is 4.82. The minimum atomic E-state index is 0.0919. The van der Waals surface area contributed by atoms with Crippen molar-refractivity contribution in [2.45, 2.75) is 65.3 Å². The molecule has 2 rings (SSSR count). The second-order valence-electron chi connectivity index (χ2n) is 7.10. The van der Waals surface area contributed by atoms with Crippen LogP contribution in [0.1, 0.15) is 63.1 Å². The van der Waals surface area contributed by atoms with E-state index in [4.69, 9.17) is 0 Å². The molecule has 1 aliphatic rings. The molecule has 3 atom stereocenters. The molecule has 112 valence electrons. The van der Waals surface area contributed by atoms with Gasteiger partial charge in [-0.1, -0.05) is 50.5 Å². The van der Waals surface area contributed by atoms with Crippen LogP contribution in [0.2, 0.25) is 0 Å². The summed E-state index contributed by atoms with van der Waals surface area (Å²) < 4.78 is 0. The molecule has 0 aliphatic heterocycles. The maximum atomic E-state index is 3.64. The highest BCUT2D eigenvalue weighted by Gasteiger charge is 2.34. The van der Waals surface area contributed by atoms with E-state index in [0.717, 1.165) is 5.92 Å². The average molecular weight is 273 g/mol. The lowest BCUT2D eigenvalue weighted by Gasteiger charge is -2.40. The Morgan fingerprint density at radius 3 is 2.65 bits per heavy atom. The smallest absolute Gasteiger partial charge is 0.0432 e. The van der Waals surface area contributed by atoms with Crippen molar-refractivity contribution < 1.29 is 0 Å². The summed E-state index contributed by atoms with van der Waals surface area (Å²) >= 11 is 0. The summed E-state index contributed by atoms with van der Waals surface area (Å²) in [6.45, 7) is 9.43. The minimum Gasteiger partial charge on any atom is -0.310 e. The minimum absolute atomic E-state index is 0.0919. The monoisotopic (exact) mass is 273 g/mol. The van der Waals surface area contributed by atoms with E-state index in [9.17, 15) is 0 Å². The van der Waals surface area contributed by atoms with Crippen molar-refractivity contribution in [3.63, 3.8) is 0 Å². The van der Waals surface area contributed by atoms with Crippen LogP contribution in [-0.2, 0) is 12.0 Å². The number of benzene rings is 1. The van der Waals surface area contributed by atoms with Gasteiger partial charge in [-0.2, -0.15) is 0 Å². The van der Waals surface area contributed by atoms with Crippen molar-refractivity contribution in [2.75, 3.05) is 7.05 Å². The van der Waals surface area contributed by atoms with Crippen LogP contribution < -0.4 is 5.32 Å². The molecule has 0 aromatic heterocycles. The lowest BCUT2D eigenvalue weighted by molar-refractivity contribution is 0.216. The molecule has 0 bridgehead atoms. The van der Waals surface area contributed by atoms with Crippen LogP contribution in [0.4, 0.5) is 0 Å². The molecule has 0 amide bonds. The molecule has 3 unspecified atom stereocenters. The van der Waals surface area contributed by atoms with Crippen molar-refractivity contribution in [1.82, 2.24) is 5.32 Å². The maximum Gasteiger partial charge on any atom is 0.0432 e. The van der Waals surface area contributed by atoms with Gasteiger partial charge < -0.3 is 5.32 Å². The second kappa shape index (κ2) is 6.30. The van der Waals surface area contributed by atoms with Crippen LogP contribution >= 0.6 is 0 Å². The topological polar surface area (TPSA) is 12.0 Å². The fourth-order valence-corrected chi connectivity index (χ4v) is 3.85. The summed E-state index contributed by atoms with van der Waals surface area (Å²) in [6.07, 6.45) is 6.62. The Bertz CT molecular complexity index is 451. The highest BCUT2D eigenvalue weighted by atomic mass is 14.9. The van der Waals surface area contributed by atoms with Gasteiger partial charge >= 0.3 is 0 Å². The molecular weight excluding hydrogens is 242 g/mol. The highest BCUT2D eigenvalue weighted by molar-refractivity contribution is 5.37. The number of aryl methyl sites for hydroxylation is 2. The Morgan fingerprint density at radius 1 is 1.20 bits per heavy atom. The number of fused-ring (bicyclic) bond motifs is 1. The fraction of sp³-hybridized carbons (Fsp3) is 0.684. The van der Waals surface area contributed by atoms with Crippen LogP contribution in [-0.4, -0.2) is 7.05 Å². The van der Waals surface area contributed by atoms with Gasteiger partial charge in [0.2, 0.25) is 0 Å². The Labute approximate surface area is 125 Å². The maximum absolute atomic E-state index is 3.64. The van der Waals surface area contributed by atoms with Gasteiger partial charge in [-0.3, -0.25) is 0 Å². The van der Waals surface area contributed by atoms with Crippen LogP contribution in [0.25, 0.3) is 0 Å². The first-order valence-electron chi connectivity index (χ1n) is 8.26. The molecule has 1 aliphatic carbocycles. The second-order valence-corrected chi connectivity index (χ2v) is 7.10. The summed E-state index contributed by atoms with van der Waals surface area (Å²) in [5.74, 6) is 1.49. The summed E-state index contributed by atoms with van der Waals surface area (Å²) in [4.78, 5) is 0. The molecule has 0 fully saturated rings. The van der Waals surface area contributed by atoms with Crippen molar-refractivity contribution >= 4 is 0 Å². The standard InChI is InChI=1S/C19H31N/c1-14-8-6-7-9-17-13-15(2)10-11-18(17)19(4,20-5)16(3)12-14/h10-11,13-14,16,20H,6-9,12H2,1-5H3. The van der Waals surface area contributed by atoms with Gasteiger partial charge in [-0.15, -0.1) is 0 Å². The Hall–Kier alpha value is -0.820. The van der Waals surface area contributed by atoms with E-state index in [1.807, 2.05) is 0 Å². The highest BCUT2D eigenvalue weighted by Crippen LogP contribution is 2.37. The normalized spacial score (nSPS) is 31.6. The molecule has 0 saturated heterocycles. The van der Waals surface area contributed by atoms with Gasteiger partial charge in [0.25, 0.3) is 0 Å². The predicted molar refractivity (Wildman–Crippen MR) is 88.1 cm³/mol. The summed E-state index contributed by atoms with van der Waals surface area (Å²) in [5, 5.41) is 3.64. The SMILES string of the molecule is CNC1(C)c2ccc(C)cc2CCCCC(C)CC1C. The van der Waals surface area contributed by atoms with E-state index < -0.39 is 0 Å². The zero-order valence-electron chi connectivity index (χ0n) is 13.9. The number of hydrogen-bond donors (Lipinski definition) is 1. The third kappa shape index (κ3) is 3.09. The molecule has 1 heteroatoms. The Kier molecular flexibility index (Phi) is 4.90. The molecule has 1 aromatic carbocycles. The van der Waals surface area contributed by atoms with Gasteiger partial charge in [0, 0.05) is 5.54 Å². The molecule has 0 saturated carbocycles. The van der Waals surface area contributed by atoms with E-state index in [2.05, 4.69) is 58.3 Å². The third-order valence-corrected chi connectivity index (χ3v) is 5.47. The molecule has 0 radical (unpaired) electrons. The van der Waals surface area contributed by atoms with Gasteiger partial charge in [0.1, 0.15) is 0 Å². The molecule has 0 spiro atoms. The van der Waals surface area contributed by atoms with Crippen molar-refractivity contribution in [1.29, 1.82) is 0 Å². The molecule has 20 heavy (non-hydrogen) atoms. The zero-order chi connectivity index (χ0) is 14.8. The number of nitrogens with one attached hydrogen (secondary N) is 1. The van der Waals surface area contributed by atoms with Crippen molar-refractivity contribution in [3.8, 4) is 0 Å². The quantitative estimate of drug-likeness (QED) is 0.773. The fourth-order valence-electron chi connectivity index (χ4n) is 3.85. The van der Waals surface area contributed by atoms with Crippen LogP contribution in [0.5, 0.6) is 0 Å². The van der Waals surface area contributed by atoms with Crippen molar-refractivity contribution in [2.24, 2.45) is 11.8 Å². The molecule has 1 aromatic rings. The first kappa shape index (κ1) is 15.6. The first-order chi connectivity index (χ1) is 9.47. The van der Waals surface area contributed by atoms with Crippen LogP contribution in [0.3, 0.4) is 0 Å². The lowest BCUT2D eigenvalue weighted by atomic mass is 9.73. The van der Waals surface area contributed by atoms with Crippen molar-refractivity contribution in [3.05, 3.63) is 34.9 Å². The van der Waals surface area contributed by atoms with Gasteiger partial charge in [-0.25, -0.2) is 0 Å². The molecule has 1 N–H and O–H groups in total. The van der Waals surface area contributed by atoms with E-state index in [-0.39, 0.29) is 5.54 Å². The zero-order valence-corrected chi connectivity index (χ0v) is 13.9. The Morgan fingerprint density at radius 2 is 1.95 bits per heavy atom. The average Bonchev–Trinajstić information content (AvgIpc) is 2.42. The number of rotatable bonds is 1. The van der Waals surface area contributed by atoms with Crippen LogP contribution in [0, 0.1) is 18.8 Å².